The molecule has 0 saturated carbocycles. The maximum atomic E-state index is 12.9. The second-order valence-corrected chi connectivity index (χ2v) is 10.5. The second kappa shape index (κ2) is 8.72. The van der Waals surface area contributed by atoms with Gasteiger partial charge in [0.2, 0.25) is 0 Å². The third kappa shape index (κ3) is 4.66. The number of thiazole rings is 1. The number of aromatic nitrogens is 1. The Morgan fingerprint density at radius 2 is 1.69 bits per heavy atom. The summed E-state index contributed by atoms with van der Waals surface area (Å²) in [5.41, 5.74) is 3.61. The molecule has 0 aliphatic carbocycles. The fourth-order valence-corrected chi connectivity index (χ4v) is 5.33. The van der Waals surface area contributed by atoms with Crippen LogP contribution in [0.5, 0.6) is 0 Å². The van der Waals surface area contributed by atoms with Crippen LogP contribution in [0.3, 0.4) is 0 Å². The molecule has 1 heterocycles. The van der Waals surface area contributed by atoms with E-state index in [0.717, 1.165) is 21.3 Å². The smallest absolute Gasteiger partial charge is 0.261 e. The van der Waals surface area contributed by atoms with Crippen LogP contribution in [0.1, 0.15) is 41.3 Å². The minimum atomic E-state index is -3.72. The van der Waals surface area contributed by atoms with E-state index in [1.165, 1.54) is 11.3 Å². The van der Waals surface area contributed by atoms with Crippen molar-refractivity contribution in [2.45, 2.75) is 31.6 Å². The van der Waals surface area contributed by atoms with Gasteiger partial charge < -0.3 is 0 Å². The molecular weight excluding hydrogens is 442 g/mol. The Hall–Kier alpha value is -3.23. The third-order valence-corrected chi connectivity index (χ3v) is 7.37. The molecule has 0 saturated heterocycles. The second-order valence-electron chi connectivity index (χ2n) is 7.81. The standard InChI is InChI=1S/C24H23N3O3S2/c1-15(2)17-9-11-20(12-10-17)32(29,30)27-19-13-16(3)22-21(14-19)31-24(25-22)26-23(28)18-7-5-4-6-8-18/h4-15,27H,1-3H3,(H,25,26,28). The Balaban J connectivity index is 1.58. The van der Waals surface area contributed by atoms with Crippen molar-refractivity contribution in [3.8, 4) is 0 Å². The van der Waals surface area contributed by atoms with Gasteiger partial charge in [0.25, 0.3) is 15.9 Å². The van der Waals surface area contributed by atoms with Crippen molar-refractivity contribution in [3.05, 3.63) is 83.4 Å². The first-order chi connectivity index (χ1) is 15.2. The summed E-state index contributed by atoms with van der Waals surface area (Å²) in [5, 5.41) is 3.27. The van der Waals surface area contributed by atoms with Gasteiger partial charge in [-0.2, -0.15) is 0 Å². The molecule has 0 bridgehead atoms. The van der Waals surface area contributed by atoms with Crippen molar-refractivity contribution in [2.75, 3.05) is 10.0 Å². The first-order valence-electron chi connectivity index (χ1n) is 10.1. The Kier molecular flexibility index (Phi) is 5.99. The minimum absolute atomic E-state index is 0.208. The summed E-state index contributed by atoms with van der Waals surface area (Å²) in [4.78, 5) is 17.1. The van der Waals surface area contributed by atoms with Gasteiger partial charge in [0.1, 0.15) is 0 Å². The SMILES string of the molecule is Cc1cc(NS(=O)(=O)c2ccc(C(C)C)cc2)cc2sc(NC(=O)c3ccccc3)nc12. The fourth-order valence-electron chi connectivity index (χ4n) is 3.31. The lowest BCUT2D eigenvalue weighted by Gasteiger charge is -2.11. The molecule has 3 aromatic carbocycles. The van der Waals surface area contributed by atoms with E-state index in [9.17, 15) is 13.2 Å². The molecule has 1 amide bonds. The van der Waals surface area contributed by atoms with E-state index in [1.807, 2.05) is 25.1 Å². The van der Waals surface area contributed by atoms with E-state index in [0.29, 0.717) is 22.3 Å². The lowest BCUT2D eigenvalue weighted by atomic mass is 10.0. The van der Waals surface area contributed by atoms with Gasteiger partial charge in [0, 0.05) is 5.56 Å². The number of benzene rings is 3. The fraction of sp³-hybridized carbons (Fsp3) is 0.167. The largest absolute Gasteiger partial charge is 0.298 e. The van der Waals surface area contributed by atoms with Crippen LogP contribution in [0.4, 0.5) is 10.8 Å². The van der Waals surface area contributed by atoms with Crippen LogP contribution in [-0.4, -0.2) is 19.3 Å². The van der Waals surface area contributed by atoms with E-state index in [4.69, 9.17) is 0 Å². The first kappa shape index (κ1) is 22.0. The van der Waals surface area contributed by atoms with Gasteiger partial charge in [-0.1, -0.05) is 55.5 Å². The highest BCUT2D eigenvalue weighted by Crippen LogP contribution is 2.32. The zero-order valence-electron chi connectivity index (χ0n) is 17.9. The number of rotatable bonds is 6. The summed E-state index contributed by atoms with van der Waals surface area (Å²) in [6.45, 7) is 5.98. The number of nitrogens with one attached hydrogen (secondary N) is 2. The molecule has 4 rings (SSSR count). The third-order valence-electron chi connectivity index (χ3n) is 5.05. The molecule has 0 atom stereocenters. The number of hydrogen-bond donors (Lipinski definition) is 2. The highest BCUT2D eigenvalue weighted by molar-refractivity contribution is 7.92. The average molecular weight is 466 g/mol. The Morgan fingerprint density at radius 3 is 2.34 bits per heavy atom. The van der Waals surface area contributed by atoms with Crippen molar-refractivity contribution >= 4 is 48.3 Å². The minimum Gasteiger partial charge on any atom is -0.298 e. The van der Waals surface area contributed by atoms with Gasteiger partial charge in [-0.15, -0.1) is 0 Å². The first-order valence-corrected chi connectivity index (χ1v) is 12.4. The van der Waals surface area contributed by atoms with Crippen LogP contribution in [0, 0.1) is 6.92 Å². The predicted molar refractivity (Wildman–Crippen MR) is 130 cm³/mol. The zero-order chi connectivity index (χ0) is 22.9. The molecular formula is C24H23N3O3S2. The molecule has 0 aliphatic rings. The van der Waals surface area contributed by atoms with Gasteiger partial charge in [-0.25, -0.2) is 13.4 Å². The molecule has 1 aromatic heterocycles. The number of carbonyl (C=O) groups excluding carboxylic acids is 1. The van der Waals surface area contributed by atoms with E-state index in [1.54, 1.807) is 48.5 Å². The molecule has 6 nitrogen and oxygen atoms in total. The summed E-state index contributed by atoms with van der Waals surface area (Å²) < 4.78 is 29.1. The molecule has 8 heteroatoms. The molecule has 164 valence electrons. The summed E-state index contributed by atoms with van der Waals surface area (Å²) >= 11 is 1.30. The van der Waals surface area contributed by atoms with Crippen molar-refractivity contribution in [1.29, 1.82) is 0 Å². The number of sulfonamides is 1. The van der Waals surface area contributed by atoms with Gasteiger partial charge in [-0.3, -0.25) is 14.8 Å². The van der Waals surface area contributed by atoms with Crippen LogP contribution in [0.25, 0.3) is 10.2 Å². The van der Waals surface area contributed by atoms with Gasteiger partial charge in [0.15, 0.2) is 5.13 Å². The maximum Gasteiger partial charge on any atom is 0.261 e. The highest BCUT2D eigenvalue weighted by Gasteiger charge is 2.17. The summed E-state index contributed by atoms with van der Waals surface area (Å²) in [6.07, 6.45) is 0. The van der Waals surface area contributed by atoms with E-state index < -0.39 is 10.0 Å². The summed E-state index contributed by atoms with van der Waals surface area (Å²) in [6, 6.07) is 19.3. The molecule has 2 N–H and O–H groups in total. The lowest BCUT2D eigenvalue weighted by molar-refractivity contribution is 0.102. The van der Waals surface area contributed by atoms with Crippen LogP contribution in [-0.2, 0) is 10.0 Å². The molecule has 0 radical (unpaired) electrons. The van der Waals surface area contributed by atoms with E-state index >= 15 is 0 Å². The lowest BCUT2D eigenvalue weighted by Crippen LogP contribution is -2.13. The maximum absolute atomic E-state index is 12.9. The number of anilines is 2. The molecule has 0 fully saturated rings. The Morgan fingerprint density at radius 1 is 1.00 bits per heavy atom. The van der Waals surface area contributed by atoms with Crippen LogP contribution < -0.4 is 10.0 Å². The normalized spacial score (nSPS) is 11.6. The molecule has 32 heavy (non-hydrogen) atoms. The zero-order valence-corrected chi connectivity index (χ0v) is 19.5. The quantitative estimate of drug-likeness (QED) is 0.378. The van der Waals surface area contributed by atoms with Gasteiger partial charge in [-0.05, 0) is 60.4 Å². The highest BCUT2D eigenvalue weighted by atomic mass is 32.2. The number of amides is 1. The number of aryl methyl sites for hydroxylation is 1. The number of nitrogens with zero attached hydrogens (tertiary/aromatic N) is 1. The van der Waals surface area contributed by atoms with Gasteiger partial charge >= 0.3 is 0 Å². The number of fused-ring (bicyclic) bond motifs is 1. The molecule has 0 aliphatic heterocycles. The van der Waals surface area contributed by atoms with Crippen LogP contribution in [0.15, 0.2) is 71.6 Å². The topological polar surface area (TPSA) is 88.2 Å². The molecule has 0 spiro atoms. The van der Waals surface area contributed by atoms with Crippen LogP contribution in [0.2, 0.25) is 0 Å². The number of hydrogen-bond acceptors (Lipinski definition) is 5. The van der Waals surface area contributed by atoms with Crippen molar-refractivity contribution in [2.24, 2.45) is 0 Å². The van der Waals surface area contributed by atoms with Crippen LogP contribution >= 0.6 is 11.3 Å². The number of carbonyl (C=O) groups is 1. The van der Waals surface area contributed by atoms with Crippen molar-refractivity contribution < 1.29 is 13.2 Å². The van der Waals surface area contributed by atoms with E-state index in [-0.39, 0.29) is 10.8 Å². The van der Waals surface area contributed by atoms with E-state index in [2.05, 4.69) is 28.9 Å². The van der Waals surface area contributed by atoms with Crippen molar-refractivity contribution in [1.82, 2.24) is 4.98 Å². The molecule has 0 unspecified atom stereocenters. The average Bonchev–Trinajstić information content (AvgIpc) is 3.17. The Labute approximate surface area is 191 Å². The monoisotopic (exact) mass is 465 g/mol. The molecule has 4 aromatic rings. The van der Waals surface area contributed by atoms with Gasteiger partial charge in [0.05, 0.1) is 20.8 Å². The van der Waals surface area contributed by atoms with Crippen molar-refractivity contribution in [3.63, 3.8) is 0 Å². The summed E-state index contributed by atoms with van der Waals surface area (Å²) in [7, 11) is -3.72. The predicted octanol–water partition coefficient (Wildman–Crippen LogP) is 5.78. The summed E-state index contributed by atoms with van der Waals surface area (Å²) in [5.74, 6) is 0.0840. The Bertz CT molecular complexity index is 1380.